The predicted octanol–water partition coefficient (Wildman–Crippen LogP) is 11.1. The van der Waals surface area contributed by atoms with E-state index < -0.39 is 16.8 Å². The lowest BCUT2D eigenvalue weighted by atomic mass is 9.84. The number of hydrogen-bond donors (Lipinski definition) is 5. The van der Waals surface area contributed by atoms with Gasteiger partial charge in [-0.1, -0.05) is 60.7 Å². The Morgan fingerprint density at radius 3 is 1.44 bits per heavy atom. The van der Waals surface area contributed by atoms with E-state index in [1.807, 2.05) is 97.6 Å². The summed E-state index contributed by atoms with van der Waals surface area (Å²) in [7, 11) is 0. The molecule has 12 rings (SSSR count). The topological polar surface area (TPSA) is 193 Å². The number of rotatable bonds is 12. The van der Waals surface area contributed by atoms with Gasteiger partial charge in [-0.3, -0.25) is 9.13 Å². The van der Waals surface area contributed by atoms with Crippen LogP contribution >= 0.6 is 0 Å². The molecule has 1 amide bonds. The SMILES string of the molecule is C[C@H](Nc1nccc(-n2cc(C3(O)C[C@H]4CC[C@@H](C3)N4)nc2-c2ccc(F)cc2)n1)c1ccccc1.C[C@H](Nc1nccc(-n2cc(C3(O)C[C@H]4CC[C@@H](C3)N4C(=O)OC(C)(C)C)nc2-c2ccc(F)cc2)n1)c1ccccc1. The van der Waals surface area contributed by atoms with Crippen LogP contribution in [0.3, 0.4) is 0 Å². The highest BCUT2D eigenvalue weighted by Crippen LogP contribution is 2.47. The van der Waals surface area contributed by atoms with Crippen molar-refractivity contribution in [1.29, 1.82) is 0 Å². The monoisotopic (exact) mass is 1070 g/mol. The number of hydrogen-bond acceptors (Lipinski definition) is 13. The second kappa shape index (κ2) is 21.7. The lowest BCUT2D eigenvalue weighted by molar-refractivity contribution is -0.0645. The maximum absolute atomic E-state index is 13.9. The first kappa shape index (κ1) is 53.1. The standard InChI is InChI=1S/C33H37FN6O3.C28H29FN6O/c1-21(22-8-6-5-7-9-22)36-30-35-17-16-28(38-30)39-20-27(37-29(39)23-10-12-24(34)13-11-23)33(42)18-25-14-15-26(19-33)40(25)31(41)43-32(2,3)4;1-18(19-5-3-2-4-6-19)31-27-30-14-13-25(34-27)35-17-24(28(36)15-22-11-12-23(16-28)32-22)33-26(35)20-7-9-21(29)10-8-20/h5-13,16-17,20-21,25-26,42H,14-15,18-19H2,1-4H3,(H,35,36,38);2-10,13-14,17-18,22-23,32,36H,11-12,15-16H2,1H3,(H,30,31,34)/t21-,25-,26+,33?;18-,22-,23+,28?/m00/s1. The van der Waals surface area contributed by atoms with Crippen molar-refractivity contribution >= 4 is 18.0 Å². The normalized spacial score (nSPS) is 23.1. The average Bonchev–Trinajstić information content (AvgIpc) is 4.44. The number of aromatic nitrogens is 8. The van der Waals surface area contributed by atoms with Gasteiger partial charge in [0.05, 0.1) is 23.5 Å². The Morgan fingerprint density at radius 2 is 1.03 bits per heavy atom. The molecule has 4 aromatic carbocycles. The van der Waals surface area contributed by atoms with Crippen LogP contribution in [0.15, 0.2) is 146 Å². The molecule has 4 bridgehead atoms. The quantitative estimate of drug-likeness (QED) is 0.0777. The number of piperidine rings is 2. The number of aliphatic hydroxyl groups is 2. The Bertz CT molecular complexity index is 3380. The molecule has 18 heteroatoms. The zero-order valence-electron chi connectivity index (χ0n) is 45.0. The van der Waals surface area contributed by atoms with E-state index in [0.717, 1.165) is 42.4 Å². The summed E-state index contributed by atoms with van der Waals surface area (Å²) in [5, 5.41) is 34.1. The van der Waals surface area contributed by atoms with Crippen LogP contribution in [0, 0.1) is 11.6 Å². The Hall–Kier alpha value is -7.93. The van der Waals surface area contributed by atoms with Crippen molar-refractivity contribution in [2.24, 2.45) is 0 Å². The average molecular weight is 1070 g/mol. The summed E-state index contributed by atoms with van der Waals surface area (Å²) < 4.78 is 36.9. The number of carbonyl (C=O) groups is 1. The predicted molar refractivity (Wildman–Crippen MR) is 297 cm³/mol. The van der Waals surface area contributed by atoms with Gasteiger partial charge >= 0.3 is 6.09 Å². The number of carbonyl (C=O) groups excluding carboxylic acids is 1. The van der Waals surface area contributed by atoms with E-state index in [1.54, 1.807) is 53.8 Å². The lowest BCUT2D eigenvalue weighted by Crippen LogP contribution is -2.53. The first-order valence-corrected chi connectivity index (χ1v) is 27.2. The largest absolute Gasteiger partial charge is 0.444 e. The second-order valence-corrected chi connectivity index (χ2v) is 22.5. The maximum atomic E-state index is 13.9. The summed E-state index contributed by atoms with van der Waals surface area (Å²) in [6, 6.07) is 36.3. The van der Waals surface area contributed by atoms with Crippen molar-refractivity contribution < 1.29 is 28.5 Å². The maximum Gasteiger partial charge on any atom is 0.410 e. The highest BCUT2D eigenvalue weighted by Gasteiger charge is 2.52. The van der Waals surface area contributed by atoms with Crippen LogP contribution in [0.2, 0.25) is 0 Å². The molecule has 4 saturated heterocycles. The van der Waals surface area contributed by atoms with E-state index in [0.29, 0.717) is 89.9 Å². The zero-order valence-corrected chi connectivity index (χ0v) is 45.0. The van der Waals surface area contributed by atoms with Gasteiger partial charge in [0.15, 0.2) is 0 Å². The second-order valence-electron chi connectivity index (χ2n) is 22.5. The Balaban J connectivity index is 0.000000170. The van der Waals surface area contributed by atoms with Gasteiger partial charge in [-0.15, -0.1) is 0 Å². The van der Waals surface area contributed by atoms with Crippen LogP contribution in [0.4, 0.5) is 25.5 Å². The highest BCUT2D eigenvalue weighted by atomic mass is 19.1. The van der Waals surface area contributed by atoms with Crippen molar-refractivity contribution in [3.05, 3.63) is 180 Å². The van der Waals surface area contributed by atoms with Crippen LogP contribution in [-0.2, 0) is 15.9 Å². The van der Waals surface area contributed by atoms with Crippen LogP contribution in [0.5, 0.6) is 0 Å². The van der Waals surface area contributed by atoms with Crippen molar-refractivity contribution in [2.75, 3.05) is 10.6 Å². The van der Waals surface area contributed by atoms with Crippen LogP contribution in [-0.4, -0.2) is 90.0 Å². The molecular weight excluding hydrogens is 1000 g/mol. The molecule has 4 aromatic heterocycles. The molecule has 0 aliphatic carbocycles. The summed E-state index contributed by atoms with van der Waals surface area (Å²) in [6.07, 6.45) is 12.3. The van der Waals surface area contributed by atoms with Gasteiger partial charge in [0, 0.05) is 72.9 Å². The first-order valence-electron chi connectivity index (χ1n) is 27.2. The Kier molecular flexibility index (Phi) is 14.6. The number of halogens is 2. The summed E-state index contributed by atoms with van der Waals surface area (Å²) in [4.78, 5) is 43.0. The van der Waals surface area contributed by atoms with Gasteiger partial charge < -0.3 is 35.8 Å². The van der Waals surface area contributed by atoms with E-state index in [9.17, 15) is 23.8 Å². The molecule has 5 N–H and O–H groups in total. The third kappa shape index (κ3) is 11.6. The molecule has 79 heavy (non-hydrogen) atoms. The summed E-state index contributed by atoms with van der Waals surface area (Å²) >= 11 is 0. The summed E-state index contributed by atoms with van der Waals surface area (Å²) in [5.41, 5.74) is 1.87. The number of imidazole rings is 2. The Morgan fingerprint density at radius 1 is 0.608 bits per heavy atom. The number of amides is 1. The van der Waals surface area contributed by atoms with E-state index in [1.165, 1.54) is 24.3 Å². The molecule has 4 fully saturated rings. The fourth-order valence-corrected chi connectivity index (χ4v) is 11.7. The number of benzene rings is 4. The fourth-order valence-electron chi connectivity index (χ4n) is 11.7. The van der Waals surface area contributed by atoms with Crippen molar-refractivity contribution in [1.82, 2.24) is 49.3 Å². The molecule has 4 aliphatic heterocycles. The number of ether oxygens (including phenoxy) is 1. The molecule has 2 unspecified atom stereocenters. The van der Waals surface area contributed by atoms with E-state index in [2.05, 4.69) is 45.0 Å². The number of nitrogens with one attached hydrogen (secondary N) is 3. The van der Waals surface area contributed by atoms with Crippen LogP contribution < -0.4 is 16.0 Å². The molecule has 4 aliphatic rings. The van der Waals surface area contributed by atoms with Crippen molar-refractivity contribution in [3.63, 3.8) is 0 Å². The minimum absolute atomic E-state index is 0.0160. The third-order valence-corrected chi connectivity index (χ3v) is 15.5. The number of nitrogens with zero attached hydrogens (tertiary/aromatic N) is 9. The molecule has 8 atom stereocenters. The van der Waals surface area contributed by atoms with Crippen molar-refractivity contribution in [3.8, 4) is 34.4 Å². The highest BCUT2D eigenvalue weighted by molar-refractivity contribution is 5.70. The van der Waals surface area contributed by atoms with Crippen LogP contribution in [0.1, 0.15) is 121 Å². The van der Waals surface area contributed by atoms with Crippen molar-refractivity contribution in [2.45, 2.75) is 139 Å². The molecule has 0 spiro atoms. The van der Waals surface area contributed by atoms with Gasteiger partial charge in [-0.2, -0.15) is 9.97 Å². The van der Waals surface area contributed by atoms with E-state index in [4.69, 9.17) is 24.7 Å². The fraction of sp³-hybridized carbons (Fsp3) is 0.361. The summed E-state index contributed by atoms with van der Waals surface area (Å²) in [6.45, 7) is 9.66. The Labute approximate surface area is 458 Å². The molecule has 8 heterocycles. The molecule has 8 aromatic rings. The minimum Gasteiger partial charge on any atom is -0.444 e. The van der Waals surface area contributed by atoms with Gasteiger partial charge in [0.2, 0.25) is 11.9 Å². The third-order valence-electron chi connectivity index (χ3n) is 15.5. The lowest BCUT2D eigenvalue weighted by Gasteiger charge is -2.43. The zero-order chi connectivity index (χ0) is 55.1. The van der Waals surface area contributed by atoms with E-state index in [-0.39, 0.29) is 41.9 Å². The van der Waals surface area contributed by atoms with Gasteiger partial charge in [-0.05, 0) is 145 Å². The van der Waals surface area contributed by atoms with Gasteiger partial charge in [0.25, 0.3) is 0 Å². The van der Waals surface area contributed by atoms with E-state index >= 15 is 0 Å². The number of fused-ring (bicyclic) bond motifs is 4. The summed E-state index contributed by atoms with van der Waals surface area (Å²) in [5.74, 6) is 2.56. The van der Waals surface area contributed by atoms with Gasteiger partial charge in [0.1, 0.15) is 51.7 Å². The molecular formula is C61H66F2N12O4. The first-order chi connectivity index (χ1) is 38.0. The smallest absolute Gasteiger partial charge is 0.410 e. The minimum atomic E-state index is -1.26. The molecule has 0 radical (unpaired) electrons. The molecule has 16 nitrogen and oxygen atoms in total. The van der Waals surface area contributed by atoms with Gasteiger partial charge in [-0.25, -0.2) is 33.5 Å². The molecule has 0 saturated carbocycles. The molecule has 408 valence electrons. The van der Waals surface area contributed by atoms with Crippen LogP contribution in [0.25, 0.3) is 34.4 Å². The number of anilines is 2.